The van der Waals surface area contributed by atoms with Crippen LogP contribution >= 0.6 is 0 Å². The number of hydrogen-bond donors (Lipinski definition) is 1. The van der Waals surface area contributed by atoms with E-state index in [-0.39, 0.29) is 5.69 Å². The number of methoxy groups -OCH3 is 1. The maximum atomic E-state index is 10.9. The van der Waals surface area contributed by atoms with Crippen LogP contribution in [0, 0.1) is 10.1 Å². The van der Waals surface area contributed by atoms with Crippen LogP contribution in [0.1, 0.15) is 11.4 Å². The van der Waals surface area contributed by atoms with E-state index in [0.29, 0.717) is 18.8 Å². The van der Waals surface area contributed by atoms with Crippen molar-refractivity contribution in [1.82, 2.24) is 20.1 Å². The number of hydrogen-bond acceptors (Lipinski definition) is 6. The lowest BCUT2D eigenvalue weighted by Crippen LogP contribution is -2.14. The Morgan fingerprint density at radius 1 is 1.45 bits per heavy atom. The summed E-state index contributed by atoms with van der Waals surface area (Å²) < 4.78 is 6.77. The Morgan fingerprint density at radius 3 is 2.90 bits per heavy atom. The summed E-state index contributed by atoms with van der Waals surface area (Å²) in [6.07, 6.45) is 1.46. The number of benzene rings is 1. The highest BCUT2D eigenvalue weighted by Gasteiger charge is 2.12. The monoisotopic (exact) mass is 277 g/mol. The number of ether oxygens (including phenoxy) is 1. The molecule has 0 atom stereocenters. The van der Waals surface area contributed by atoms with E-state index >= 15 is 0 Å². The molecular formula is C12H15N5O3. The molecule has 0 aliphatic heterocycles. The molecule has 106 valence electrons. The van der Waals surface area contributed by atoms with Crippen molar-refractivity contribution in [3.05, 3.63) is 46.0 Å². The first kappa shape index (κ1) is 13.9. The van der Waals surface area contributed by atoms with E-state index in [1.165, 1.54) is 25.6 Å². The van der Waals surface area contributed by atoms with E-state index < -0.39 is 4.92 Å². The molecule has 0 aliphatic rings. The topological polar surface area (TPSA) is 95.1 Å². The molecule has 8 nitrogen and oxygen atoms in total. The van der Waals surface area contributed by atoms with Gasteiger partial charge < -0.3 is 10.1 Å². The van der Waals surface area contributed by atoms with E-state index in [0.717, 1.165) is 11.4 Å². The number of non-ortho nitro benzene ring substituents is 1. The van der Waals surface area contributed by atoms with Crippen LogP contribution in [0.2, 0.25) is 0 Å². The first-order chi connectivity index (χ1) is 9.63. The van der Waals surface area contributed by atoms with Crippen molar-refractivity contribution in [3.8, 4) is 5.75 Å². The molecule has 1 aromatic carbocycles. The minimum Gasteiger partial charge on any atom is -0.496 e. The summed E-state index contributed by atoms with van der Waals surface area (Å²) in [6.45, 7) is 0.973. The van der Waals surface area contributed by atoms with Crippen molar-refractivity contribution in [2.24, 2.45) is 0 Å². The first-order valence-corrected chi connectivity index (χ1v) is 5.97. The van der Waals surface area contributed by atoms with E-state index in [2.05, 4.69) is 15.4 Å². The van der Waals surface area contributed by atoms with Crippen LogP contribution in [0.3, 0.4) is 0 Å². The Bertz CT molecular complexity index is 611. The minimum atomic E-state index is -0.443. The van der Waals surface area contributed by atoms with Crippen molar-refractivity contribution in [2.75, 3.05) is 14.2 Å². The largest absolute Gasteiger partial charge is 0.496 e. The number of nitrogens with one attached hydrogen (secondary N) is 1. The molecule has 8 heteroatoms. The molecule has 0 unspecified atom stereocenters. The lowest BCUT2D eigenvalue weighted by atomic mass is 10.2. The fourth-order valence-corrected chi connectivity index (χ4v) is 1.85. The number of aromatic nitrogens is 3. The van der Waals surface area contributed by atoms with E-state index in [9.17, 15) is 10.1 Å². The third-order valence-corrected chi connectivity index (χ3v) is 2.76. The quantitative estimate of drug-likeness (QED) is 0.624. The zero-order valence-corrected chi connectivity index (χ0v) is 11.2. The third-order valence-electron chi connectivity index (χ3n) is 2.76. The minimum absolute atomic E-state index is 0.00497. The third kappa shape index (κ3) is 3.09. The fourth-order valence-electron chi connectivity index (χ4n) is 1.85. The highest BCUT2D eigenvalue weighted by atomic mass is 16.6. The highest BCUT2D eigenvalue weighted by Crippen LogP contribution is 2.23. The predicted octanol–water partition coefficient (Wildman–Crippen LogP) is 0.963. The van der Waals surface area contributed by atoms with Gasteiger partial charge in [0.15, 0.2) is 0 Å². The second kappa shape index (κ2) is 6.11. The Kier molecular flexibility index (Phi) is 4.26. The Balaban J connectivity index is 2.30. The van der Waals surface area contributed by atoms with Crippen LogP contribution in [-0.2, 0) is 13.1 Å². The molecule has 1 heterocycles. The summed E-state index contributed by atoms with van der Waals surface area (Å²) >= 11 is 0. The SMILES string of the molecule is CNCc1ncnn1Cc1cc(OC)cc([N+](=O)[O-])c1. The number of nitrogens with zero attached hydrogens (tertiary/aromatic N) is 4. The molecule has 0 radical (unpaired) electrons. The van der Waals surface area contributed by atoms with Gasteiger partial charge in [-0.15, -0.1) is 0 Å². The molecule has 0 amide bonds. The van der Waals surface area contributed by atoms with Crippen molar-refractivity contribution >= 4 is 5.69 Å². The Labute approximate surface area is 115 Å². The van der Waals surface area contributed by atoms with Crippen LogP contribution in [-0.4, -0.2) is 33.8 Å². The van der Waals surface area contributed by atoms with Gasteiger partial charge in [-0.25, -0.2) is 9.67 Å². The van der Waals surface area contributed by atoms with Gasteiger partial charge >= 0.3 is 0 Å². The van der Waals surface area contributed by atoms with Gasteiger partial charge in [0.1, 0.15) is 17.9 Å². The first-order valence-electron chi connectivity index (χ1n) is 5.97. The van der Waals surface area contributed by atoms with Gasteiger partial charge in [0.05, 0.1) is 31.2 Å². The van der Waals surface area contributed by atoms with Gasteiger partial charge in [-0.3, -0.25) is 10.1 Å². The molecule has 0 saturated carbocycles. The average Bonchev–Trinajstić information content (AvgIpc) is 2.86. The van der Waals surface area contributed by atoms with Gasteiger partial charge in [0.2, 0.25) is 0 Å². The average molecular weight is 277 g/mol. The Hall–Kier alpha value is -2.48. The summed E-state index contributed by atoms with van der Waals surface area (Å²) in [7, 11) is 3.29. The molecule has 0 bridgehead atoms. The summed E-state index contributed by atoms with van der Waals surface area (Å²) in [5.74, 6) is 1.21. The molecular weight excluding hydrogens is 262 g/mol. The molecule has 20 heavy (non-hydrogen) atoms. The lowest BCUT2D eigenvalue weighted by molar-refractivity contribution is -0.385. The summed E-state index contributed by atoms with van der Waals surface area (Å²) in [5.41, 5.74) is 0.730. The van der Waals surface area contributed by atoms with Crippen LogP contribution < -0.4 is 10.1 Å². The number of rotatable bonds is 6. The van der Waals surface area contributed by atoms with Crippen molar-refractivity contribution in [2.45, 2.75) is 13.1 Å². The van der Waals surface area contributed by atoms with E-state index in [1.807, 2.05) is 7.05 Å². The molecule has 2 aromatic rings. The molecule has 0 aliphatic carbocycles. The highest BCUT2D eigenvalue weighted by molar-refractivity contribution is 5.42. The van der Waals surface area contributed by atoms with Crippen molar-refractivity contribution < 1.29 is 9.66 Å². The summed E-state index contributed by atoms with van der Waals surface area (Å²) in [5, 5.41) is 18.0. The summed E-state index contributed by atoms with van der Waals surface area (Å²) in [4.78, 5) is 14.6. The molecule has 0 fully saturated rings. The standard InChI is InChI=1S/C12H15N5O3/c1-13-6-12-14-8-15-16(12)7-9-3-10(17(18)19)5-11(4-9)20-2/h3-5,8,13H,6-7H2,1-2H3. The van der Waals surface area contributed by atoms with Gasteiger partial charge in [-0.2, -0.15) is 5.10 Å². The Morgan fingerprint density at radius 2 is 2.25 bits per heavy atom. The van der Waals surface area contributed by atoms with Crippen LogP contribution in [0.4, 0.5) is 5.69 Å². The molecule has 1 aromatic heterocycles. The lowest BCUT2D eigenvalue weighted by Gasteiger charge is -2.07. The van der Waals surface area contributed by atoms with Crippen molar-refractivity contribution in [3.63, 3.8) is 0 Å². The van der Waals surface area contributed by atoms with Gasteiger partial charge in [-0.1, -0.05) is 0 Å². The second-order valence-electron chi connectivity index (χ2n) is 4.16. The maximum Gasteiger partial charge on any atom is 0.273 e. The number of nitro benzene ring substituents is 1. The smallest absolute Gasteiger partial charge is 0.273 e. The number of nitro groups is 1. The summed E-state index contributed by atoms with van der Waals surface area (Å²) in [6, 6.07) is 4.64. The molecule has 1 N–H and O–H groups in total. The van der Waals surface area contributed by atoms with Gasteiger partial charge in [-0.05, 0) is 18.7 Å². The molecule has 0 spiro atoms. The van der Waals surface area contributed by atoms with Gasteiger partial charge in [0.25, 0.3) is 5.69 Å². The zero-order chi connectivity index (χ0) is 14.5. The maximum absolute atomic E-state index is 10.9. The molecule has 0 saturated heterocycles. The van der Waals surface area contributed by atoms with E-state index in [4.69, 9.17) is 4.74 Å². The fraction of sp³-hybridized carbons (Fsp3) is 0.333. The van der Waals surface area contributed by atoms with Crippen LogP contribution in [0.15, 0.2) is 24.5 Å². The second-order valence-corrected chi connectivity index (χ2v) is 4.16. The predicted molar refractivity (Wildman–Crippen MR) is 71.5 cm³/mol. The van der Waals surface area contributed by atoms with Crippen LogP contribution in [0.5, 0.6) is 5.75 Å². The van der Waals surface area contributed by atoms with Crippen LogP contribution in [0.25, 0.3) is 0 Å². The normalized spacial score (nSPS) is 10.5. The van der Waals surface area contributed by atoms with Gasteiger partial charge in [0, 0.05) is 6.07 Å². The van der Waals surface area contributed by atoms with Crippen molar-refractivity contribution in [1.29, 1.82) is 0 Å². The van der Waals surface area contributed by atoms with E-state index in [1.54, 1.807) is 10.7 Å². The zero-order valence-electron chi connectivity index (χ0n) is 11.2. The molecule has 2 rings (SSSR count).